The van der Waals surface area contributed by atoms with E-state index in [0.29, 0.717) is 16.9 Å². The molecule has 8 nitrogen and oxygen atoms in total. The smallest absolute Gasteiger partial charge is 0.265 e. The number of ether oxygens (including phenoxy) is 2. The highest BCUT2D eigenvalue weighted by Gasteiger charge is 2.37. The first-order valence-corrected chi connectivity index (χ1v) is 15.7. The second-order valence-corrected chi connectivity index (χ2v) is 15.7. The summed E-state index contributed by atoms with van der Waals surface area (Å²) in [6.45, 7) is 10.9. The van der Waals surface area contributed by atoms with E-state index >= 15 is 8.78 Å². The molecule has 0 aliphatic rings. The lowest BCUT2D eigenvalue weighted by atomic mass is 10.1. The van der Waals surface area contributed by atoms with Crippen LogP contribution in [0.25, 0.3) is 16.6 Å². The summed E-state index contributed by atoms with van der Waals surface area (Å²) in [5.74, 6) is -2.14. The standard InChI is InChI=1S/C29H34F2N4O4Si/c1-29(2,3)40(6,7)39-15-14-34(27-25(30)23(37-4)17-24(38-5)26(27)31)20-8-9-22-21(16-20)28(36)35(18-33-22)19-10-12-32-13-11-19/h8-13,16-18H,14-15H2,1-7H3. The third-order valence-electron chi connectivity index (χ3n) is 7.40. The van der Waals surface area contributed by atoms with Crippen molar-refractivity contribution in [2.24, 2.45) is 0 Å². The van der Waals surface area contributed by atoms with Crippen molar-refractivity contribution in [2.75, 3.05) is 32.3 Å². The lowest BCUT2D eigenvalue weighted by Gasteiger charge is -2.37. The van der Waals surface area contributed by atoms with Crippen molar-refractivity contribution in [1.29, 1.82) is 0 Å². The molecule has 0 spiro atoms. The predicted molar refractivity (Wildman–Crippen MR) is 155 cm³/mol. The lowest BCUT2D eigenvalue weighted by molar-refractivity contribution is 0.296. The normalized spacial score (nSPS) is 12.0. The van der Waals surface area contributed by atoms with Crippen molar-refractivity contribution in [1.82, 2.24) is 14.5 Å². The topological polar surface area (TPSA) is 78.7 Å². The van der Waals surface area contributed by atoms with E-state index in [2.05, 4.69) is 43.8 Å². The maximum absolute atomic E-state index is 15.7. The average Bonchev–Trinajstić information content (AvgIpc) is 2.92. The Bertz CT molecular complexity index is 1540. The Hall–Kier alpha value is -3.83. The van der Waals surface area contributed by atoms with Gasteiger partial charge < -0.3 is 18.8 Å². The third-order valence-corrected chi connectivity index (χ3v) is 11.9. The van der Waals surface area contributed by atoms with Crippen LogP contribution >= 0.6 is 0 Å². The number of hydrogen-bond donors (Lipinski definition) is 0. The number of hydrogen-bond acceptors (Lipinski definition) is 7. The van der Waals surface area contributed by atoms with Crippen molar-refractivity contribution in [3.05, 3.63) is 77.1 Å². The van der Waals surface area contributed by atoms with E-state index < -0.39 is 20.0 Å². The molecular formula is C29H34F2N4O4Si. The van der Waals surface area contributed by atoms with Crippen LogP contribution in [0.5, 0.6) is 11.5 Å². The molecule has 0 unspecified atom stereocenters. The van der Waals surface area contributed by atoms with Gasteiger partial charge in [-0.25, -0.2) is 13.8 Å². The molecule has 0 radical (unpaired) electrons. The van der Waals surface area contributed by atoms with Crippen LogP contribution in [-0.4, -0.2) is 50.2 Å². The minimum Gasteiger partial charge on any atom is -0.493 e. The molecule has 4 rings (SSSR count). The molecule has 2 aromatic carbocycles. The Balaban J connectivity index is 1.87. The van der Waals surface area contributed by atoms with Crippen molar-refractivity contribution in [3.8, 4) is 17.2 Å². The van der Waals surface area contributed by atoms with Gasteiger partial charge in [0.05, 0.1) is 37.4 Å². The fourth-order valence-corrected chi connectivity index (χ4v) is 5.09. The van der Waals surface area contributed by atoms with E-state index in [1.807, 2.05) is 0 Å². The predicted octanol–water partition coefficient (Wildman–Crippen LogP) is 6.24. The molecule has 11 heteroatoms. The summed E-state index contributed by atoms with van der Waals surface area (Å²) >= 11 is 0. The van der Waals surface area contributed by atoms with Crippen molar-refractivity contribution in [2.45, 2.75) is 38.9 Å². The summed E-state index contributed by atoms with van der Waals surface area (Å²) in [5, 5.41) is 0.225. The molecule has 4 aromatic rings. The molecule has 40 heavy (non-hydrogen) atoms. The highest BCUT2D eigenvalue weighted by molar-refractivity contribution is 6.74. The van der Waals surface area contributed by atoms with Gasteiger partial charge >= 0.3 is 0 Å². The van der Waals surface area contributed by atoms with Gasteiger partial charge in [-0.2, -0.15) is 0 Å². The number of rotatable bonds is 9. The van der Waals surface area contributed by atoms with E-state index in [1.54, 1.807) is 42.7 Å². The van der Waals surface area contributed by atoms with Gasteiger partial charge in [-0.1, -0.05) is 20.8 Å². The molecule has 0 saturated heterocycles. The molecule has 0 fully saturated rings. The SMILES string of the molecule is COc1cc(OC)c(F)c(N(CCO[Si](C)(C)C(C)(C)C)c2ccc3ncn(-c4ccncc4)c(=O)c3c2)c1F. The number of fused-ring (bicyclic) bond motifs is 1. The van der Waals surface area contributed by atoms with Gasteiger partial charge in [0.15, 0.2) is 31.5 Å². The first-order chi connectivity index (χ1) is 18.9. The number of benzene rings is 2. The van der Waals surface area contributed by atoms with Crippen LogP contribution in [0.3, 0.4) is 0 Å². The molecule has 0 bridgehead atoms. The summed E-state index contributed by atoms with van der Waals surface area (Å²) < 4.78 is 49.6. The third kappa shape index (κ3) is 5.57. The van der Waals surface area contributed by atoms with Crippen LogP contribution in [0.4, 0.5) is 20.2 Å². The Morgan fingerprint density at radius 1 is 0.975 bits per heavy atom. The molecule has 0 amide bonds. The van der Waals surface area contributed by atoms with Crippen molar-refractivity contribution < 1.29 is 22.7 Å². The zero-order valence-electron chi connectivity index (χ0n) is 23.8. The zero-order chi connectivity index (χ0) is 29.2. The Kier molecular flexibility index (Phi) is 8.27. The van der Waals surface area contributed by atoms with Crippen molar-refractivity contribution >= 4 is 30.6 Å². The van der Waals surface area contributed by atoms with E-state index in [-0.39, 0.29) is 46.3 Å². The molecule has 0 aliphatic carbocycles. The Morgan fingerprint density at radius 3 is 2.17 bits per heavy atom. The van der Waals surface area contributed by atoms with Crippen LogP contribution in [-0.2, 0) is 4.43 Å². The molecule has 0 saturated carbocycles. The number of aromatic nitrogens is 3. The Labute approximate surface area is 233 Å². The Morgan fingerprint density at radius 2 is 1.60 bits per heavy atom. The van der Waals surface area contributed by atoms with Crippen LogP contribution in [0.2, 0.25) is 18.1 Å². The summed E-state index contributed by atoms with van der Waals surface area (Å²) in [7, 11) is 0.433. The molecular weight excluding hydrogens is 534 g/mol. The van der Waals surface area contributed by atoms with E-state index in [9.17, 15) is 4.79 Å². The van der Waals surface area contributed by atoms with Gasteiger partial charge in [-0.05, 0) is 48.5 Å². The molecule has 2 aromatic heterocycles. The van der Waals surface area contributed by atoms with Gasteiger partial charge in [0, 0.05) is 30.7 Å². The van der Waals surface area contributed by atoms with E-state index in [4.69, 9.17) is 13.9 Å². The molecule has 0 aliphatic heterocycles. The highest BCUT2D eigenvalue weighted by atomic mass is 28.4. The van der Waals surface area contributed by atoms with E-state index in [0.717, 1.165) is 6.07 Å². The molecule has 0 N–H and O–H groups in total. The van der Waals surface area contributed by atoms with Gasteiger partial charge in [0.25, 0.3) is 5.56 Å². The molecule has 2 heterocycles. The maximum Gasteiger partial charge on any atom is 0.265 e. The van der Waals surface area contributed by atoms with Crippen LogP contribution in [0, 0.1) is 11.6 Å². The number of halogens is 2. The maximum atomic E-state index is 15.7. The quantitative estimate of drug-likeness (QED) is 0.221. The van der Waals surface area contributed by atoms with Gasteiger partial charge in [0.1, 0.15) is 12.0 Å². The fraction of sp³-hybridized carbons (Fsp3) is 0.345. The lowest BCUT2D eigenvalue weighted by Crippen LogP contribution is -2.42. The molecule has 0 atom stereocenters. The highest BCUT2D eigenvalue weighted by Crippen LogP contribution is 2.41. The zero-order valence-corrected chi connectivity index (χ0v) is 24.8. The minimum absolute atomic E-state index is 0.0554. The number of pyridine rings is 1. The van der Waals surface area contributed by atoms with Gasteiger partial charge in [0.2, 0.25) is 0 Å². The van der Waals surface area contributed by atoms with Crippen LogP contribution in [0.15, 0.2) is 59.9 Å². The van der Waals surface area contributed by atoms with Gasteiger partial charge in [-0.3, -0.25) is 14.3 Å². The van der Waals surface area contributed by atoms with Crippen molar-refractivity contribution in [3.63, 3.8) is 0 Å². The fourth-order valence-electron chi connectivity index (χ4n) is 4.05. The summed E-state index contributed by atoms with van der Waals surface area (Å²) in [6, 6.07) is 9.45. The number of methoxy groups -OCH3 is 2. The number of anilines is 2. The number of nitrogens with zero attached hydrogens (tertiary/aromatic N) is 4. The van der Waals surface area contributed by atoms with E-state index in [1.165, 1.54) is 30.0 Å². The second-order valence-electron chi connectivity index (χ2n) is 10.8. The summed E-state index contributed by atoms with van der Waals surface area (Å²) in [6.07, 6.45) is 4.60. The summed E-state index contributed by atoms with van der Waals surface area (Å²) in [5.41, 5.74) is 0.716. The summed E-state index contributed by atoms with van der Waals surface area (Å²) in [4.78, 5) is 23.4. The van der Waals surface area contributed by atoms with Crippen LogP contribution in [0.1, 0.15) is 20.8 Å². The monoisotopic (exact) mass is 568 g/mol. The average molecular weight is 569 g/mol. The van der Waals surface area contributed by atoms with Gasteiger partial charge in [-0.15, -0.1) is 0 Å². The second kappa shape index (κ2) is 11.3. The van der Waals surface area contributed by atoms with Crippen LogP contribution < -0.4 is 19.9 Å². The largest absolute Gasteiger partial charge is 0.493 e. The first kappa shape index (κ1) is 29.2. The first-order valence-electron chi connectivity index (χ1n) is 12.8. The molecule has 212 valence electrons. The minimum atomic E-state index is -2.17.